The molecule has 0 aromatic heterocycles. The van der Waals surface area contributed by atoms with E-state index in [-0.39, 0.29) is 22.9 Å². The first kappa shape index (κ1) is 16.9. The number of ether oxygens (including phenoxy) is 1. The van der Waals surface area contributed by atoms with E-state index in [1.165, 1.54) is 5.57 Å². The maximum absolute atomic E-state index is 13.0. The second-order valence-corrected chi connectivity index (χ2v) is 8.51. The fourth-order valence-corrected chi connectivity index (χ4v) is 4.43. The molecule has 3 aliphatic rings. The van der Waals surface area contributed by atoms with Gasteiger partial charge in [-0.3, -0.25) is 4.79 Å². The summed E-state index contributed by atoms with van der Waals surface area (Å²) in [6.07, 6.45) is 8.39. The zero-order chi connectivity index (χ0) is 17.0. The minimum absolute atomic E-state index is 0.00287. The SMILES string of the molecule is C/C1=C\CCC2(C)OC2C(=O)C2=CCC(C)C(C)(CC1)C2(C)O. The van der Waals surface area contributed by atoms with Crippen LogP contribution in [0.25, 0.3) is 0 Å². The van der Waals surface area contributed by atoms with Gasteiger partial charge in [0.2, 0.25) is 0 Å². The third-order valence-electron chi connectivity index (χ3n) is 6.96. The summed E-state index contributed by atoms with van der Waals surface area (Å²) in [7, 11) is 0. The van der Waals surface area contributed by atoms with Crippen LogP contribution in [0.5, 0.6) is 0 Å². The van der Waals surface area contributed by atoms with Crippen LogP contribution in [0.1, 0.15) is 66.7 Å². The van der Waals surface area contributed by atoms with Gasteiger partial charge in [-0.25, -0.2) is 0 Å². The Bertz CT molecular complexity index is 586. The monoisotopic (exact) mass is 318 g/mol. The summed E-state index contributed by atoms with van der Waals surface area (Å²) >= 11 is 0. The Kier molecular flexibility index (Phi) is 3.89. The van der Waals surface area contributed by atoms with Crippen molar-refractivity contribution in [3.05, 3.63) is 23.3 Å². The smallest absolute Gasteiger partial charge is 0.193 e. The first-order valence-electron chi connectivity index (χ1n) is 8.92. The van der Waals surface area contributed by atoms with Crippen molar-refractivity contribution < 1.29 is 14.6 Å². The van der Waals surface area contributed by atoms with Crippen molar-refractivity contribution in [3.63, 3.8) is 0 Å². The summed E-state index contributed by atoms with van der Waals surface area (Å²) in [5, 5.41) is 11.4. The van der Waals surface area contributed by atoms with Gasteiger partial charge in [-0.15, -0.1) is 0 Å². The number of carbonyl (C=O) groups excluding carboxylic acids is 1. The van der Waals surface area contributed by atoms with E-state index in [1.807, 2.05) is 19.9 Å². The van der Waals surface area contributed by atoms with Gasteiger partial charge in [0, 0.05) is 11.0 Å². The lowest BCUT2D eigenvalue weighted by Crippen LogP contribution is -2.54. The molecule has 1 fully saturated rings. The number of hydrogen-bond donors (Lipinski definition) is 1. The first-order chi connectivity index (χ1) is 10.6. The van der Waals surface area contributed by atoms with E-state index in [9.17, 15) is 9.90 Å². The summed E-state index contributed by atoms with van der Waals surface area (Å²) in [5.74, 6) is 0.341. The summed E-state index contributed by atoms with van der Waals surface area (Å²) in [4.78, 5) is 13.0. The highest BCUT2D eigenvalue weighted by atomic mass is 16.6. The summed E-state index contributed by atoms with van der Waals surface area (Å²) < 4.78 is 5.78. The predicted octanol–water partition coefficient (Wildman–Crippen LogP) is 3.96. The quantitative estimate of drug-likeness (QED) is 0.543. The second-order valence-electron chi connectivity index (χ2n) is 8.51. The van der Waals surface area contributed by atoms with Gasteiger partial charge < -0.3 is 9.84 Å². The second kappa shape index (κ2) is 5.29. The molecule has 3 nitrogen and oxygen atoms in total. The van der Waals surface area contributed by atoms with Crippen molar-refractivity contribution in [2.24, 2.45) is 11.3 Å². The molecule has 0 radical (unpaired) electrons. The van der Waals surface area contributed by atoms with Crippen molar-refractivity contribution >= 4 is 5.78 Å². The van der Waals surface area contributed by atoms with Crippen LogP contribution < -0.4 is 0 Å². The van der Waals surface area contributed by atoms with Gasteiger partial charge in [-0.05, 0) is 58.8 Å². The maximum atomic E-state index is 13.0. The average Bonchev–Trinajstić information content (AvgIpc) is 3.14. The number of hydrogen-bond acceptors (Lipinski definition) is 3. The lowest BCUT2D eigenvalue weighted by Gasteiger charge is -2.51. The summed E-state index contributed by atoms with van der Waals surface area (Å²) in [5.41, 5.74) is 0.191. The number of carbonyl (C=O) groups is 1. The van der Waals surface area contributed by atoms with E-state index < -0.39 is 5.60 Å². The molecule has 5 atom stereocenters. The van der Waals surface area contributed by atoms with Crippen LogP contribution in [-0.2, 0) is 9.53 Å². The highest BCUT2D eigenvalue weighted by Crippen LogP contribution is 2.54. The molecule has 2 aliphatic carbocycles. The average molecular weight is 318 g/mol. The van der Waals surface area contributed by atoms with Gasteiger partial charge in [0.05, 0.1) is 5.60 Å². The molecule has 0 spiro atoms. The van der Waals surface area contributed by atoms with Gasteiger partial charge in [-0.1, -0.05) is 31.6 Å². The van der Waals surface area contributed by atoms with E-state index in [4.69, 9.17) is 4.74 Å². The highest BCUT2D eigenvalue weighted by molar-refractivity contribution is 6.03. The van der Waals surface area contributed by atoms with Crippen LogP contribution >= 0.6 is 0 Å². The van der Waals surface area contributed by atoms with Crippen LogP contribution in [0.2, 0.25) is 0 Å². The summed E-state index contributed by atoms with van der Waals surface area (Å²) in [6.45, 7) is 10.4. The number of Topliss-reactive ketones (excluding diaryl/α,β-unsaturated/α-hetero) is 1. The van der Waals surface area contributed by atoms with Gasteiger partial charge in [0.1, 0.15) is 11.7 Å². The van der Waals surface area contributed by atoms with E-state index in [2.05, 4.69) is 26.8 Å². The van der Waals surface area contributed by atoms with Crippen LogP contribution in [0, 0.1) is 11.3 Å². The van der Waals surface area contributed by atoms with Gasteiger partial charge in [0.25, 0.3) is 0 Å². The number of rotatable bonds is 0. The fraction of sp³-hybridized carbons (Fsp3) is 0.750. The molecule has 0 aromatic carbocycles. The largest absolute Gasteiger partial charge is 0.385 e. The van der Waals surface area contributed by atoms with Gasteiger partial charge >= 0.3 is 0 Å². The number of fused-ring (bicyclic) bond motifs is 3. The topological polar surface area (TPSA) is 49.8 Å². The van der Waals surface area contributed by atoms with Crippen LogP contribution in [0.3, 0.4) is 0 Å². The molecule has 1 aliphatic heterocycles. The number of epoxide rings is 1. The van der Waals surface area contributed by atoms with Crippen LogP contribution in [-0.4, -0.2) is 28.2 Å². The Morgan fingerprint density at radius 1 is 1.22 bits per heavy atom. The van der Waals surface area contributed by atoms with Crippen molar-refractivity contribution in [2.75, 3.05) is 0 Å². The van der Waals surface area contributed by atoms with E-state index in [0.717, 1.165) is 32.1 Å². The van der Waals surface area contributed by atoms with E-state index in [1.54, 1.807) is 0 Å². The number of allylic oxidation sites excluding steroid dienone is 3. The van der Waals surface area contributed by atoms with E-state index in [0.29, 0.717) is 11.5 Å². The molecule has 0 saturated carbocycles. The lowest BCUT2D eigenvalue weighted by molar-refractivity contribution is -0.125. The first-order valence-corrected chi connectivity index (χ1v) is 8.92. The molecule has 0 amide bonds. The molecule has 2 bridgehead atoms. The Hall–Kier alpha value is -0.930. The van der Waals surface area contributed by atoms with Crippen molar-refractivity contribution in [2.45, 2.75) is 84.0 Å². The lowest BCUT2D eigenvalue weighted by atomic mass is 9.56. The molecule has 0 aromatic rings. The molecule has 1 heterocycles. The standard InChI is InChI=1S/C20H30O3/c1-13-7-6-11-19(4)17(23-19)16(21)15-9-8-14(2)18(3,12-10-13)20(15,5)22/h7,9,14,17,22H,6,8,10-12H2,1-5H3/b13-7+. The highest BCUT2D eigenvalue weighted by Gasteiger charge is 2.61. The van der Waals surface area contributed by atoms with Crippen molar-refractivity contribution in [1.29, 1.82) is 0 Å². The number of ketones is 1. The zero-order valence-electron chi connectivity index (χ0n) is 15.1. The Labute approximate surface area is 139 Å². The molecule has 128 valence electrons. The summed E-state index contributed by atoms with van der Waals surface area (Å²) in [6, 6.07) is 0. The predicted molar refractivity (Wildman–Crippen MR) is 91.1 cm³/mol. The molecule has 5 unspecified atom stereocenters. The molecule has 3 rings (SSSR count). The fourth-order valence-electron chi connectivity index (χ4n) is 4.43. The van der Waals surface area contributed by atoms with Crippen LogP contribution in [0.15, 0.2) is 23.3 Å². The molecule has 1 N–H and O–H groups in total. The molecular formula is C20H30O3. The Balaban J connectivity index is 2.04. The zero-order valence-corrected chi connectivity index (χ0v) is 15.1. The van der Waals surface area contributed by atoms with Crippen LogP contribution in [0.4, 0.5) is 0 Å². The maximum Gasteiger partial charge on any atom is 0.193 e. The molecule has 23 heavy (non-hydrogen) atoms. The third-order valence-corrected chi connectivity index (χ3v) is 6.96. The number of aliphatic hydroxyl groups is 1. The molecule has 1 saturated heterocycles. The van der Waals surface area contributed by atoms with E-state index >= 15 is 0 Å². The molecule has 3 heteroatoms. The van der Waals surface area contributed by atoms with Crippen molar-refractivity contribution in [1.82, 2.24) is 0 Å². The Morgan fingerprint density at radius 2 is 1.91 bits per heavy atom. The Morgan fingerprint density at radius 3 is 2.61 bits per heavy atom. The van der Waals surface area contributed by atoms with Gasteiger partial charge in [0.15, 0.2) is 5.78 Å². The molecular weight excluding hydrogens is 288 g/mol. The minimum Gasteiger partial charge on any atom is -0.385 e. The minimum atomic E-state index is -1.10. The van der Waals surface area contributed by atoms with Crippen molar-refractivity contribution in [3.8, 4) is 0 Å². The van der Waals surface area contributed by atoms with Gasteiger partial charge in [-0.2, -0.15) is 0 Å². The normalized spacial score (nSPS) is 49.9. The third kappa shape index (κ3) is 2.53.